The van der Waals surface area contributed by atoms with Crippen molar-refractivity contribution in [2.45, 2.75) is 13.0 Å². The fourth-order valence-electron chi connectivity index (χ4n) is 1.46. The predicted octanol–water partition coefficient (Wildman–Crippen LogP) is 1.39. The van der Waals surface area contributed by atoms with Crippen molar-refractivity contribution in [3.8, 4) is 0 Å². The zero-order chi connectivity index (χ0) is 12.8. The van der Waals surface area contributed by atoms with Gasteiger partial charge >= 0.3 is 0 Å². The quantitative estimate of drug-likeness (QED) is 0.838. The molecule has 0 aliphatic rings. The highest BCUT2D eigenvalue weighted by Gasteiger charge is 2.15. The highest BCUT2D eigenvalue weighted by atomic mass is 35.5. The van der Waals surface area contributed by atoms with Gasteiger partial charge in [0.1, 0.15) is 0 Å². The molecule has 0 saturated heterocycles. The average Bonchev–Trinajstić information content (AvgIpc) is 2.31. The Hall–Kier alpha value is -1.10. The molecule has 1 atom stereocenters. The van der Waals surface area contributed by atoms with Crippen LogP contribution in [-0.4, -0.2) is 37.4 Å². The van der Waals surface area contributed by atoms with E-state index in [1.807, 2.05) is 0 Å². The molecule has 5 heteroatoms. The molecule has 0 saturated carbocycles. The summed E-state index contributed by atoms with van der Waals surface area (Å²) in [6.45, 7) is 1.88. The SMILES string of the molecule is COCC(CO)NC(=O)c1cccc(Cl)c1C. The third-order valence-electron chi connectivity index (χ3n) is 2.44. The third kappa shape index (κ3) is 3.70. The maximum absolute atomic E-state index is 11.9. The highest BCUT2D eigenvalue weighted by molar-refractivity contribution is 6.31. The molecular formula is C12H16ClNO3. The Balaban J connectivity index is 2.79. The van der Waals surface area contributed by atoms with Crippen LogP contribution < -0.4 is 5.32 Å². The number of rotatable bonds is 5. The summed E-state index contributed by atoms with van der Waals surface area (Å²) in [5.41, 5.74) is 1.23. The molecular weight excluding hydrogens is 242 g/mol. The summed E-state index contributed by atoms with van der Waals surface area (Å²) in [7, 11) is 1.51. The molecule has 4 nitrogen and oxygen atoms in total. The second kappa shape index (κ2) is 6.59. The van der Waals surface area contributed by atoms with E-state index >= 15 is 0 Å². The summed E-state index contributed by atoms with van der Waals surface area (Å²) in [5, 5.41) is 12.3. The van der Waals surface area contributed by atoms with Gasteiger partial charge in [0, 0.05) is 17.7 Å². The number of methoxy groups -OCH3 is 1. The molecule has 0 aliphatic heterocycles. The van der Waals surface area contributed by atoms with E-state index in [0.717, 1.165) is 5.56 Å². The monoisotopic (exact) mass is 257 g/mol. The molecule has 0 bridgehead atoms. The standard InChI is InChI=1S/C12H16ClNO3/c1-8-10(4-3-5-11(8)13)12(16)14-9(6-15)7-17-2/h3-5,9,15H,6-7H2,1-2H3,(H,14,16). The molecule has 0 spiro atoms. The number of aliphatic hydroxyl groups is 1. The second-order valence-corrected chi connectivity index (χ2v) is 4.13. The Morgan fingerprint density at radius 2 is 2.29 bits per heavy atom. The van der Waals surface area contributed by atoms with Crippen molar-refractivity contribution in [3.63, 3.8) is 0 Å². The number of benzene rings is 1. The van der Waals surface area contributed by atoms with Gasteiger partial charge < -0.3 is 15.2 Å². The van der Waals surface area contributed by atoms with Crippen LogP contribution in [0, 0.1) is 6.92 Å². The Kier molecular flexibility index (Phi) is 5.41. The maximum atomic E-state index is 11.9. The molecule has 0 heterocycles. The van der Waals surface area contributed by atoms with Crippen molar-refractivity contribution in [2.24, 2.45) is 0 Å². The van der Waals surface area contributed by atoms with Gasteiger partial charge in [-0.1, -0.05) is 17.7 Å². The summed E-state index contributed by atoms with van der Waals surface area (Å²) in [6.07, 6.45) is 0. The minimum absolute atomic E-state index is 0.167. The van der Waals surface area contributed by atoms with Crippen LogP contribution in [-0.2, 0) is 4.74 Å². The lowest BCUT2D eigenvalue weighted by atomic mass is 10.1. The topological polar surface area (TPSA) is 58.6 Å². The summed E-state index contributed by atoms with van der Waals surface area (Å²) in [5.74, 6) is -0.263. The minimum Gasteiger partial charge on any atom is -0.394 e. The molecule has 1 aromatic carbocycles. The van der Waals surface area contributed by atoms with Gasteiger partial charge in [-0.3, -0.25) is 4.79 Å². The van der Waals surface area contributed by atoms with E-state index in [2.05, 4.69) is 5.32 Å². The van der Waals surface area contributed by atoms with Crippen molar-refractivity contribution in [2.75, 3.05) is 20.3 Å². The van der Waals surface area contributed by atoms with Gasteiger partial charge in [-0.15, -0.1) is 0 Å². The van der Waals surface area contributed by atoms with Crippen LogP contribution >= 0.6 is 11.6 Å². The summed E-state index contributed by atoms with van der Waals surface area (Å²) in [6, 6.07) is 4.73. The van der Waals surface area contributed by atoms with Crippen LogP contribution in [0.3, 0.4) is 0 Å². The molecule has 0 fully saturated rings. The van der Waals surface area contributed by atoms with Gasteiger partial charge in [0.2, 0.25) is 0 Å². The summed E-state index contributed by atoms with van der Waals surface area (Å²) >= 11 is 5.94. The first-order valence-electron chi connectivity index (χ1n) is 5.26. The van der Waals surface area contributed by atoms with E-state index in [0.29, 0.717) is 10.6 Å². The number of hydrogen-bond donors (Lipinski definition) is 2. The van der Waals surface area contributed by atoms with E-state index < -0.39 is 6.04 Å². The highest BCUT2D eigenvalue weighted by Crippen LogP contribution is 2.18. The number of ether oxygens (including phenoxy) is 1. The molecule has 0 aliphatic carbocycles. The molecule has 2 N–H and O–H groups in total. The van der Waals surface area contributed by atoms with Crippen molar-refractivity contribution in [3.05, 3.63) is 34.3 Å². The van der Waals surface area contributed by atoms with E-state index in [1.54, 1.807) is 25.1 Å². The molecule has 1 rings (SSSR count). The van der Waals surface area contributed by atoms with Gasteiger partial charge in [-0.05, 0) is 24.6 Å². The van der Waals surface area contributed by atoms with Crippen molar-refractivity contribution in [1.82, 2.24) is 5.32 Å². The summed E-state index contributed by atoms with van der Waals surface area (Å²) in [4.78, 5) is 11.9. The smallest absolute Gasteiger partial charge is 0.251 e. The summed E-state index contributed by atoms with van der Waals surface area (Å²) < 4.78 is 4.88. The van der Waals surface area contributed by atoms with E-state index in [1.165, 1.54) is 7.11 Å². The Morgan fingerprint density at radius 3 is 2.88 bits per heavy atom. The lowest BCUT2D eigenvalue weighted by Gasteiger charge is -2.16. The molecule has 1 unspecified atom stereocenters. The van der Waals surface area contributed by atoms with Crippen LogP contribution in [0.15, 0.2) is 18.2 Å². The zero-order valence-electron chi connectivity index (χ0n) is 9.87. The lowest BCUT2D eigenvalue weighted by Crippen LogP contribution is -2.40. The molecule has 0 radical (unpaired) electrons. The van der Waals surface area contributed by atoms with Crippen molar-refractivity contribution < 1.29 is 14.6 Å². The maximum Gasteiger partial charge on any atom is 0.251 e. The fraction of sp³-hybridized carbons (Fsp3) is 0.417. The van der Waals surface area contributed by atoms with Crippen LogP contribution in [0.2, 0.25) is 5.02 Å². The first-order chi connectivity index (χ1) is 8.10. The average molecular weight is 258 g/mol. The second-order valence-electron chi connectivity index (χ2n) is 3.72. The fourth-order valence-corrected chi connectivity index (χ4v) is 1.63. The number of aliphatic hydroxyl groups excluding tert-OH is 1. The Bertz CT molecular complexity index is 395. The number of carbonyl (C=O) groups is 1. The zero-order valence-corrected chi connectivity index (χ0v) is 10.6. The first kappa shape index (κ1) is 14.0. The van der Waals surface area contributed by atoms with Crippen LogP contribution in [0.1, 0.15) is 15.9 Å². The van der Waals surface area contributed by atoms with E-state index in [-0.39, 0.29) is 19.1 Å². The van der Waals surface area contributed by atoms with Gasteiger partial charge in [0.05, 0.1) is 19.3 Å². The van der Waals surface area contributed by atoms with Crippen molar-refractivity contribution in [1.29, 1.82) is 0 Å². The minimum atomic E-state index is -0.411. The number of nitrogens with one attached hydrogen (secondary N) is 1. The molecule has 94 valence electrons. The van der Waals surface area contributed by atoms with Gasteiger partial charge in [0.25, 0.3) is 5.91 Å². The van der Waals surface area contributed by atoms with Crippen molar-refractivity contribution >= 4 is 17.5 Å². The Labute approximate surface area is 106 Å². The molecule has 1 amide bonds. The van der Waals surface area contributed by atoms with Gasteiger partial charge in [-0.25, -0.2) is 0 Å². The number of hydrogen-bond acceptors (Lipinski definition) is 3. The predicted molar refractivity (Wildman–Crippen MR) is 66.4 cm³/mol. The Morgan fingerprint density at radius 1 is 1.59 bits per heavy atom. The molecule has 17 heavy (non-hydrogen) atoms. The largest absolute Gasteiger partial charge is 0.394 e. The normalized spacial score (nSPS) is 12.2. The molecule has 1 aromatic rings. The van der Waals surface area contributed by atoms with Gasteiger partial charge in [-0.2, -0.15) is 0 Å². The van der Waals surface area contributed by atoms with E-state index in [4.69, 9.17) is 21.4 Å². The number of halogens is 1. The van der Waals surface area contributed by atoms with Crippen LogP contribution in [0.5, 0.6) is 0 Å². The lowest BCUT2D eigenvalue weighted by molar-refractivity contribution is 0.0839. The van der Waals surface area contributed by atoms with E-state index in [9.17, 15) is 4.79 Å². The third-order valence-corrected chi connectivity index (χ3v) is 2.85. The van der Waals surface area contributed by atoms with Gasteiger partial charge in [0.15, 0.2) is 0 Å². The molecule has 0 aromatic heterocycles. The number of carbonyl (C=O) groups excluding carboxylic acids is 1. The van der Waals surface area contributed by atoms with Crippen LogP contribution in [0.4, 0.5) is 0 Å². The van der Waals surface area contributed by atoms with Crippen LogP contribution in [0.25, 0.3) is 0 Å². The first-order valence-corrected chi connectivity index (χ1v) is 5.63. The number of amides is 1.